The summed E-state index contributed by atoms with van der Waals surface area (Å²) in [5, 5.41) is 4.81. The van der Waals surface area contributed by atoms with Crippen molar-refractivity contribution in [2.75, 3.05) is 0 Å². The molecule has 2 aromatic heterocycles. The fraction of sp³-hybridized carbons (Fsp3) is 0.312. The number of thiazole rings is 1. The Kier molecular flexibility index (Phi) is 3.85. The Morgan fingerprint density at radius 3 is 2.90 bits per heavy atom. The van der Waals surface area contributed by atoms with Crippen LogP contribution in [0.5, 0.6) is 0 Å². The number of hydrogen-bond acceptors (Lipinski definition) is 3. The molecule has 0 radical (unpaired) electrons. The predicted molar refractivity (Wildman–Crippen MR) is 85.1 cm³/mol. The molecule has 20 heavy (non-hydrogen) atoms. The van der Waals surface area contributed by atoms with Gasteiger partial charge in [-0.15, -0.1) is 11.3 Å². The maximum absolute atomic E-state index is 4.18. The Morgan fingerprint density at radius 2 is 2.15 bits per heavy atom. The normalized spacial score (nSPS) is 11.6. The molecule has 3 rings (SSSR count). The highest BCUT2D eigenvalue weighted by atomic mass is 32.1. The largest absolute Gasteiger partial charge is 0.338 e. The molecule has 104 valence electrons. The fourth-order valence-electron chi connectivity index (χ4n) is 2.39. The molecule has 0 unspecified atom stereocenters. The lowest BCUT2D eigenvalue weighted by molar-refractivity contribution is 0.568. The molecule has 0 saturated heterocycles. The number of nitrogens with one attached hydrogen (secondary N) is 1. The molecular weight excluding hydrogens is 266 g/mol. The molecule has 0 aliphatic carbocycles. The van der Waals surface area contributed by atoms with Gasteiger partial charge in [0.15, 0.2) is 0 Å². The molecule has 0 atom stereocenters. The van der Waals surface area contributed by atoms with E-state index in [0.29, 0.717) is 6.04 Å². The van der Waals surface area contributed by atoms with Crippen molar-refractivity contribution in [3.8, 4) is 0 Å². The number of fused-ring (bicyclic) bond motifs is 1. The van der Waals surface area contributed by atoms with Crippen LogP contribution in [0.15, 0.2) is 42.0 Å². The van der Waals surface area contributed by atoms with Crippen LogP contribution in [-0.4, -0.2) is 15.6 Å². The molecule has 3 aromatic rings. The Hall–Kier alpha value is -1.65. The van der Waals surface area contributed by atoms with Gasteiger partial charge in [-0.2, -0.15) is 0 Å². The van der Waals surface area contributed by atoms with E-state index in [0.717, 1.165) is 13.1 Å². The number of aromatic nitrogens is 2. The summed E-state index contributed by atoms with van der Waals surface area (Å²) in [7, 11) is 0. The van der Waals surface area contributed by atoms with Crippen LogP contribution in [-0.2, 0) is 13.1 Å². The molecular formula is C16H19N3S. The van der Waals surface area contributed by atoms with Crippen molar-refractivity contribution in [3.63, 3.8) is 0 Å². The highest BCUT2D eigenvalue weighted by Crippen LogP contribution is 2.22. The van der Waals surface area contributed by atoms with E-state index in [2.05, 4.69) is 59.0 Å². The van der Waals surface area contributed by atoms with Crippen molar-refractivity contribution in [2.45, 2.75) is 33.0 Å². The minimum Gasteiger partial charge on any atom is -0.338 e. The molecule has 0 aliphatic heterocycles. The van der Waals surface area contributed by atoms with E-state index in [-0.39, 0.29) is 0 Å². The monoisotopic (exact) mass is 285 g/mol. The minimum atomic E-state index is 0.491. The highest BCUT2D eigenvalue weighted by molar-refractivity contribution is 7.09. The second kappa shape index (κ2) is 5.77. The molecule has 3 nitrogen and oxygen atoms in total. The number of nitrogens with zero attached hydrogens (tertiary/aromatic N) is 2. The van der Waals surface area contributed by atoms with Gasteiger partial charge in [0.2, 0.25) is 0 Å². The van der Waals surface area contributed by atoms with Gasteiger partial charge in [0.25, 0.3) is 0 Å². The van der Waals surface area contributed by atoms with Crippen LogP contribution in [0.2, 0.25) is 0 Å². The van der Waals surface area contributed by atoms with Crippen molar-refractivity contribution in [1.82, 2.24) is 14.9 Å². The third kappa shape index (κ3) is 2.76. The van der Waals surface area contributed by atoms with Crippen LogP contribution in [0.3, 0.4) is 0 Å². The summed E-state index contributed by atoms with van der Waals surface area (Å²) in [5.74, 6) is 0. The van der Waals surface area contributed by atoms with Crippen molar-refractivity contribution in [3.05, 3.63) is 52.6 Å². The van der Waals surface area contributed by atoms with E-state index in [4.69, 9.17) is 0 Å². The number of rotatable bonds is 5. The average Bonchev–Trinajstić information content (AvgIpc) is 3.05. The standard InChI is InChI=1S/C16H19N3S/c1-12(2)18-8-14-7-13-5-3-4-6-16(13)19(14)10-15-9-17-11-20-15/h3-7,9,11-12,18H,8,10H2,1-2H3. The van der Waals surface area contributed by atoms with Crippen LogP contribution < -0.4 is 5.32 Å². The molecule has 4 heteroatoms. The summed E-state index contributed by atoms with van der Waals surface area (Å²) in [6.45, 7) is 6.14. The molecule has 0 aliphatic rings. The first-order valence-electron chi connectivity index (χ1n) is 6.92. The first-order chi connectivity index (χ1) is 9.74. The zero-order valence-electron chi connectivity index (χ0n) is 11.8. The van der Waals surface area contributed by atoms with Gasteiger partial charge in [0.05, 0.1) is 12.1 Å². The third-order valence-corrected chi connectivity index (χ3v) is 4.15. The van der Waals surface area contributed by atoms with Gasteiger partial charge in [0.1, 0.15) is 0 Å². The van der Waals surface area contributed by atoms with E-state index in [1.54, 1.807) is 11.3 Å². The maximum Gasteiger partial charge on any atom is 0.0794 e. The topological polar surface area (TPSA) is 29.9 Å². The molecule has 0 amide bonds. The Labute approximate surface area is 123 Å². The second-order valence-corrected chi connectivity index (χ2v) is 6.25. The molecule has 0 bridgehead atoms. The van der Waals surface area contributed by atoms with Gasteiger partial charge < -0.3 is 9.88 Å². The van der Waals surface area contributed by atoms with E-state index < -0.39 is 0 Å². The Bertz CT molecular complexity index is 683. The van der Waals surface area contributed by atoms with Crippen LogP contribution in [0.1, 0.15) is 24.4 Å². The lowest BCUT2D eigenvalue weighted by Gasteiger charge is -2.12. The fourth-order valence-corrected chi connectivity index (χ4v) is 2.97. The average molecular weight is 285 g/mol. The maximum atomic E-state index is 4.18. The van der Waals surface area contributed by atoms with Crippen LogP contribution in [0, 0.1) is 0 Å². The van der Waals surface area contributed by atoms with Crippen LogP contribution >= 0.6 is 11.3 Å². The summed E-state index contributed by atoms with van der Waals surface area (Å²) in [6, 6.07) is 11.3. The minimum absolute atomic E-state index is 0.491. The molecule has 0 saturated carbocycles. The summed E-state index contributed by atoms with van der Waals surface area (Å²) in [5.41, 5.74) is 4.52. The van der Waals surface area contributed by atoms with E-state index in [9.17, 15) is 0 Å². The summed E-state index contributed by atoms with van der Waals surface area (Å²) in [6.07, 6.45) is 1.96. The van der Waals surface area contributed by atoms with E-state index >= 15 is 0 Å². The van der Waals surface area contributed by atoms with E-state index in [1.807, 2.05) is 11.7 Å². The molecule has 0 fully saturated rings. The molecule has 1 N–H and O–H groups in total. The van der Waals surface area contributed by atoms with Gasteiger partial charge in [-0.25, -0.2) is 0 Å². The SMILES string of the molecule is CC(C)NCc1cc2ccccc2n1Cc1cncs1. The van der Waals surface area contributed by atoms with Crippen molar-refractivity contribution in [2.24, 2.45) is 0 Å². The number of para-hydroxylation sites is 1. The van der Waals surface area contributed by atoms with Gasteiger partial charge in [-0.05, 0) is 17.5 Å². The Morgan fingerprint density at radius 1 is 1.30 bits per heavy atom. The smallest absolute Gasteiger partial charge is 0.0794 e. The summed E-state index contributed by atoms with van der Waals surface area (Å²) in [4.78, 5) is 5.47. The molecule has 0 spiro atoms. The third-order valence-electron chi connectivity index (χ3n) is 3.39. The quantitative estimate of drug-likeness (QED) is 0.775. The van der Waals surface area contributed by atoms with Crippen molar-refractivity contribution in [1.29, 1.82) is 0 Å². The summed E-state index contributed by atoms with van der Waals surface area (Å²) >= 11 is 1.71. The zero-order valence-corrected chi connectivity index (χ0v) is 12.7. The van der Waals surface area contributed by atoms with Gasteiger partial charge in [0, 0.05) is 34.9 Å². The van der Waals surface area contributed by atoms with Crippen LogP contribution in [0.4, 0.5) is 0 Å². The lowest BCUT2D eigenvalue weighted by atomic mass is 10.2. The van der Waals surface area contributed by atoms with Gasteiger partial charge >= 0.3 is 0 Å². The predicted octanol–water partition coefficient (Wildman–Crippen LogP) is 3.64. The van der Waals surface area contributed by atoms with Crippen LogP contribution in [0.25, 0.3) is 10.9 Å². The first kappa shape index (κ1) is 13.3. The Balaban J connectivity index is 1.99. The van der Waals surface area contributed by atoms with E-state index in [1.165, 1.54) is 21.5 Å². The number of benzene rings is 1. The summed E-state index contributed by atoms with van der Waals surface area (Å²) < 4.78 is 2.39. The highest BCUT2D eigenvalue weighted by Gasteiger charge is 2.09. The van der Waals surface area contributed by atoms with Crippen molar-refractivity contribution < 1.29 is 0 Å². The van der Waals surface area contributed by atoms with Gasteiger partial charge in [-0.1, -0.05) is 32.0 Å². The first-order valence-corrected chi connectivity index (χ1v) is 7.80. The second-order valence-electron chi connectivity index (χ2n) is 5.28. The lowest BCUT2D eigenvalue weighted by Crippen LogP contribution is -2.23. The molecule has 2 heterocycles. The number of hydrogen-bond donors (Lipinski definition) is 1. The van der Waals surface area contributed by atoms with Crippen molar-refractivity contribution >= 4 is 22.2 Å². The zero-order chi connectivity index (χ0) is 13.9. The van der Waals surface area contributed by atoms with Gasteiger partial charge in [-0.3, -0.25) is 4.98 Å². The molecule has 1 aromatic carbocycles.